The lowest BCUT2D eigenvalue weighted by Crippen LogP contribution is -2.30. The highest BCUT2D eigenvalue weighted by atomic mass is 16.3. The standard InChI is InChI=1S/C12H22O2/c1-8-6-9(11(2,3)13)7-10(8)12(4,5)14/h9,13-14H,6-7H2,1-5H3. The van der Waals surface area contributed by atoms with Gasteiger partial charge in [0, 0.05) is 0 Å². The van der Waals surface area contributed by atoms with E-state index in [1.54, 1.807) is 0 Å². The smallest absolute Gasteiger partial charge is 0.0803 e. The normalized spacial score (nSPS) is 24.6. The fourth-order valence-electron chi connectivity index (χ4n) is 2.26. The Morgan fingerprint density at radius 1 is 1.07 bits per heavy atom. The van der Waals surface area contributed by atoms with E-state index in [9.17, 15) is 10.2 Å². The van der Waals surface area contributed by atoms with Crippen molar-refractivity contribution in [2.24, 2.45) is 5.92 Å². The van der Waals surface area contributed by atoms with Crippen molar-refractivity contribution in [1.82, 2.24) is 0 Å². The summed E-state index contributed by atoms with van der Waals surface area (Å²) in [5, 5.41) is 19.8. The molecule has 0 aliphatic heterocycles. The molecule has 1 rings (SSSR count). The van der Waals surface area contributed by atoms with Crippen LogP contribution in [-0.2, 0) is 0 Å². The zero-order valence-electron chi connectivity index (χ0n) is 9.89. The SMILES string of the molecule is CC1=C(C(C)(C)O)CC(C(C)(C)O)C1. The van der Waals surface area contributed by atoms with Crippen molar-refractivity contribution in [2.45, 2.75) is 58.7 Å². The van der Waals surface area contributed by atoms with Crippen molar-refractivity contribution in [1.29, 1.82) is 0 Å². The van der Waals surface area contributed by atoms with Gasteiger partial charge in [0.05, 0.1) is 11.2 Å². The molecule has 14 heavy (non-hydrogen) atoms. The Morgan fingerprint density at radius 3 is 1.79 bits per heavy atom. The first kappa shape index (κ1) is 11.7. The zero-order chi connectivity index (χ0) is 11.1. The summed E-state index contributed by atoms with van der Waals surface area (Å²) >= 11 is 0. The molecule has 1 aliphatic rings. The van der Waals surface area contributed by atoms with Crippen molar-refractivity contribution in [3.63, 3.8) is 0 Å². The van der Waals surface area contributed by atoms with Crippen LogP contribution < -0.4 is 0 Å². The van der Waals surface area contributed by atoms with Gasteiger partial charge in [0.1, 0.15) is 0 Å². The maximum atomic E-state index is 9.93. The molecule has 0 saturated carbocycles. The summed E-state index contributed by atoms with van der Waals surface area (Å²) in [4.78, 5) is 0. The van der Waals surface area contributed by atoms with Crippen LogP contribution in [-0.4, -0.2) is 21.4 Å². The molecular weight excluding hydrogens is 176 g/mol. The van der Waals surface area contributed by atoms with Crippen LogP contribution in [0.25, 0.3) is 0 Å². The molecule has 1 atom stereocenters. The van der Waals surface area contributed by atoms with Crippen molar-refractivity contribution >= 4 is 0 Å². The summed E-state index contributed by atoms with van der Waals surface area (Å²) in [6.45, 7) is 9.38. The molecule has 0 heterocycles. The van der Waals surface area contributed by atoms with Gasteiger partial charge < -0.3 is 10.2 Å². The highest BCUT2D eigenvalue weighted by Gasteiger charge is 2.37. The summed E-state index contributed by atoms with van der Waals surface area (Å²) in [6, 6.07) is 0. The van der Waals surface area contributed by atoms with Crippen molar-refractivity contribution in [3.8, 4) is 0 Å². The molecular formula is C12H22O2. The zero-order valence-corrected chi connectivity index (χ0v) is 9.89. The highest BCUT2D eigenvalue weighted by molar-refractivity contribution is 5.27. The Morgan fingerprint density at radius 2 is 1.57 bits per heavy atom. The predicted octanol–water partition coefficient (Wildman–Crippen LogP) is 2.25. The van der Waals surface area contributed by atoms with E-state index in [0.29, 0.717) is 0 Å². The van der Waals surface area contributed by atoms with Crippen LogP contribution in [0.4, 0.5) is 0 Å². The Hall–Kier alpha value is -0.340. The van der Waals surface area contributed by atoms with Crippen molar-refractivity contribution in [3.05, 3.63) is 11.1 Å². The van der Waals surface area contributed by atoms with Gasteiger partial charge >= 0.3 is 0 Å². The lowest BCUT2D eigenvalue weighted by molar-refractivity contribution is 0.0180. The van der Waals surface area contributed by atoms with Gasteiger partial charge in [0.2, 0.25) is 0 Å². The molecule has 0 aromatic carbocycles. The quantitative estimate of drug-likeness (QED) is 0.668. The van der Waals surface area contributed by atoms with Gasteiger partial charge in [0.25, 0.3) is 0 Å². The summed E-state index contributed by atoms with van der Waals surface area (Å²) in [6.07, 6.45) is 1.72. The number of hydrogen-bond acceptors (Lipinski definition) is 2. The minimum Gasteiger partial charge on any atom is -0.390 e. The van der Waals surface area contributed by atoms with E-state index < -0.39 is 11.2 Å². The van der Waals surface area contributed by atoms with Gasteiger partial charge in [-0.2, -0.15) is 0 Å². The van der Waals surface area contributed by atoms with Crippen LogP contribution in [0, 0.1) is 5.92 Å². The van der Waals surface area contributed by atoms with Crippen molar-refractivity contribution in [2.75, 3.05) is 0 Å². The van der Waals surface area contributed by atoms with Gasteiger partial charge in [-0.1, -0.05) is 5.57 Å². The molecule has 0 saturated heterocycles. The Labute approximate surface area is 86.6 Å². The molecule has 0 radical (unpaired) electrons. The predicted molar refractivity (Wildman–Crippen MR) is 58.0 cm³/mol. The third kappa shape index (κ3) is 2.37. The Bertz CT molecular complexity index is 250. The fraction of sp³-hybridized carbons (Fsp3) is 0.833. The third-order valence-corrected chi connectivity index (χ3v) is 3.26. The van der Waals surface area contributed by atoms with E-state index in [1.807, 2.05) is 27.7 Å². The lowest BCUT2D eigenvalue weighted by atomic mass is 9.86. The fourth-order valence-corrected chi connectivity index (χ4v) is 2.26. The summed E-state index contributed by atoms with van der Waals surface area (Å²) in [5.74, 6) is 0.254. The molecule has 2 N–H and O–H groups in total. The second-order valence-electron chi connectivity index (χ2n) is 5.58. The molecule has 82 valence electrons. The third-order valence-electron chi connectivity index (χ3n) is 3.26. The second-order valence-corrected chi connectivity index (χ2v) is 5.58. The number of rotatable bonds is 2. The van der Waals surface area contributed by atoms with E-state index in [-0.39, 0.29) is 5.92 Å². The van der Waals surface area contributed by atoms with Crippen LogP contribution in [0.5, 0.6) is 0 Å². The van der Waals surface area contributed by atoms with Crippen molar-refractivity contribution < 1.29 is 10.2 Å². The van der Waals surface area contributed by atoms with E-state index in [4.69, 9.17) is 0 Å². The van der Waals surface area contributed by atoms with Gasteiger partial charge in [-0.25, -0.2) is 0 Å². The molecule has 0 amide bonds. The number of hydrogen-bond donors (Lipinski definition) is 2. The maximum Gasteiger partial charge on any atom is 0.0803 e. The van der Waals surface area contributed by atoms with E-state index in [0.717, 1.165) is 18.4 Å². The molecule has 2 nitrogen and oxygen atoms in total. The molecule has 0 aromatic rings. The molecule has 2 heteroatoms. The monoisotopic (exact) mass is 198 g/mol. The average Bonchev–Trinajstić information content (AvgIpc) is 2.27. The van der Waals surface area contributed by atoms with E-state index in [1.165, 1.54) is 5.57 Å². The molecule has 1 unspecified atom stereocenters. The van der Waals surface area contributed by atoms with Gasteiger partial charge in [-0.05, 0) is 59.0 Å². The van der Waals surface area contributed by atoms with E-state index >= 15 is 0 Å². The number of aliphatic hydroxyl groups is 2. The largest absolute Gasteiger partial charge is 0.390 e. The minimum atomic E-state index is -0.732. The molecule has 0 aromatic heterocycles. The first-order chi connectivity index (χ1) is 6.12. The summed E-state index contributed by atoms with van der Waals surface area (Å²) in [5.41, 5.74) is 0.965. The van der Waals surface area contributed by atoms with Gasteiger partial charge in [-0.15, -0.1) is 0 Å². The number of allylic oxidation sites excluding steroid dienone is 1. The molecule has 0 spiro atoms. The molecule has 0 bridgehead atoms. The maximum absolute atomic E-state index is 9.93. The van der Waals surface area contributed by atoms with Gasteiger partial charge in [-0.3, -0.25) is 0 Å². The van der Waals surface area contributed by atoms with Crippen LogP contribution in [0.15, 0.2) is 11.1 Å². The lowest BCUT2D eigenvalue weighted by Gasteiger charge is -2.27. The topological polar surface area (TPSA) is 40.5 Å². The second kappa shape index (κ2) is 3.35. The van der Waals surface area contributed by atoms with E-state index in [2.05, 4.69) is 6.92 Å². The Balaban J connectivity index is 2.80. The van der Waals surface area contributed by atoms with Gasteiger partial charge in [0.15, 0.2) is 0 Å². The first-order valence-corrected chi connectivity index (χ1v) is 5.26. The summed E-state index contributed by atoms with van der Waals surface area (Å²) in [7, 11) is 0. The Kier molecular flexibility index (Phi) is 2.81. The van der Waals surface area contributed by atoms with Crippen LogP contribution >= 0.6 is 0 Å². The van der Waals surface area contributed by atoms with Crippen LogP contribution in [0.2, 0.25) is 0 Å². The van der Waals surface area contributed by atoms with Crippen LogP contribution in [0.1, 0.15) is 47.5 Å². The van der Waals surface area contributed by atoms with Crippen LogP contribution in [0.3, 0.4) is 0 Å². The first-order valence-electron chi connectivity index (χ1n) is 5.26. The summed E-state index contributed by atoms with van der Waals surface area (Å²) < 4.78 is 0. The average molecular weight is 198 g/mol. The molecule has 0 fully saturated rings. The minimum absolute atomic E-state index is 0.254. The molecule has 1 aliphatic carbocycles. The highest BCUT2D eigenvalue weighted by Crippen LogP contribution is 2.41.